The summed E-state index contributed by atoms with van der Waals surface area (Å²) in [5.41, 5.74) is 7.61. The van der Waals surface area contributed by atoms with Gasteiger partial charge in [0, 0.05) is 12.7 Å². The van der Waals surface area contributed by atoms with Crippen LogP contribution in [0.4, 0.5) is 0 Å². The molecule has 0 aliphatic carbocycles. The van der Waals surface area contributed by atoms with Crippen LogP contribution in [-0.4, -0.2) is 9.97 Å². The number of hydrogen-bond acceptors (Lipinski definition) is 4. The lowest BCUT2D eigenvalue weighted by atomic mass is 9.99. The van der Waals surface area contributed by atoms with Gasteiger partial charge in [0.1, 0.15) is 5.75 Å². The number of nitrogens with two attached hydrogens (primary N) is 1. The number of aromatic nitrogens is 2. The van der Waals surface area contributed by atoms with Crippen molar-refractivity contribution in [3.63, 3.8) is 0 Å². The van der Waals surface area contributed by atoms with Gasteiger partial charge in [0.05, 0.1) is 5.69 Å². The first kappa shape index (κ1) is 13.5. The molecule has 0 saturated heterocycles. The smallest absolute Gasteiger partial charge is 0.322 e. The van der Waals surface area contributed by atoms with Crippen LogP contribution in [0.5, 0.6) is 11.8 Å². The number of hydrogen-bond donors (Lipinski definition) is 1. The third-order valence-electron chi connectivity index (χ3n) is 3.17. The molecule has 4 heteroatoms. The Morgan fingerprint density at radius 3 is 2.58 bits per heavy atom. The molecule has 2 N–H and O–H groups in total. The molecular formula is C15H19N3O. The first-order valence-corrected chi connectivity index (χ1v) is 6.52. The van der Waals surface area contributed by atoms with E-state index >= 15 is 0 Å². The average Bonchev–Trinajstić information content (AvgIpc) is 2.47. The number of ether oxygens (including phenoxy) is 1. The number of nitrogens with zero attached hydrogens (tertiary/aromatic N) is 2. The topological polar surface area (TPSA) is 61.0 Å². The van der Waals surface area contributed by atoms with E-state index in [1.807, 2.05) is 12.1 Å². The zero-order valence-corrected chi connectivity index (χ0v) is 11.3. The van der Waals surface area contributed by atoms with E-state index in [1.54, 1.807) is 12.3 Å². The Balaban J connectivity index is 2.10. The molecule has 0 spiro atoms. The van der Waals surface area contributed by atoms with Crippen LogP contribution in [0.2, 0.25) is 0 Å². The molecule has 0 amide bonds. The summed E-state index contributed by atoms with van der Waals surface area (Å²) in [6.07, 6.45) is 2.78. The second-order valence-corrected chi connectivity index (χ2v) is 4.52. The molecule has 0 bridgehead atoms. The molecule has 0 aliphatic heterocycles. The van der Waals surface area contributed by atoms with Crippen LogP contribution in [0.25, 0.3) is 0 Å². The molecule has 1 heterocycles. The molecule has 2 rings (SSSR count). The Labute approximate surface area is 113 Å². The Kier molecular flexibility index (Phi) is 4.47. The van der Waals surface area contributed by atoms with Gasteiger partial charge in [-0.1, -0.05) is 26.0 Å². The van der Waals surface area contributed by atoms with E-state index in [1.165, 1.54) is 5.56 Å². The molecule has 1 atom stereocenters. The van der Waals surface area contributed by atoms with E-state index in [0.717, 1.165) is 17.9 Å². The summed E-state index contributed by atoms with van der Waals surface area (Å²) in [5.74, 6) is 1.30. The minimum absolute atomic E-state index is 0.333. The molecule has 1 aromatic carbocycles. The van der Waals surface area contributed by atoms with Gasteiger partial charge < -0.3 is 10.5 Å². The van der Waals surface area contributed by atoms with Gasteiger partial charge in [-0.15, -0.1) is 0 Å². The van der Waals surface area contributed by atoms with Crippen LogP contribution in [0.15, 0.2) is 36.5 Å². The molecule has 0 fully saturated rings. The van der Waals surface area contributed by atoms with Crippen molar-refractivity contribution in [2.75, 3.05) is 0 Å². The Bertz CT molecular complexity index is 525. The lowest BCUT2D eigenvalue weighted by molar-refractivity contribution is 0.439. The predicted octanol–water partition coefficient (Wildman–Crippen LogP) is 3.24. The first-order valence-electron chi connectivity index (χ1n) is 6.52. The summed E-state index contributed by atoms with van der Waals surface area (Å²) >= 11 is 0. The van der Waals surface area contributed by atoms with E-state index < -0.39 is 0 Å². The third-order valence-corrected chi connectivity index (χ3v) is 3.17. The van der Waals surface area contributed by atoms with E-state index in [9.17, 15) is 0 Å². The zero-order chi connectivity index (χ0) is 13.7. The minimum Gasteiger partial charge on any atom is -0.424 e. The highest BCUT2D eigenvalue weighted by Crippen LogP contribution is 2.23. The van der Waals surface area contributed by atoms with E-state index in [0.29, 0.717) is 18.5 Å². The largest absolute Gasteiger partial charge is 0.424 e. The normalized spacial score (nSPS) is 12.2. The van der Waals surface area contributed by atoms with E-state index in [4.69, 9.17) is 10.5 Å². The summed E-state index contributed by atoms with van der Waals surface area (Å²) in [6.45, 7) is 4.77. The molecule has 1 aromatic heterocycles. The number of rotatable bonds is 5. The summed E-state index contributed by atoms with van der Waals surface area (Å²) in [6, 6.07) is 10.2. The van der Waals surface area contributed by atoms with Gasteiger partial charge in [0.25, 0.3) is 0 Å². The van der Waals surface area contributed by atoms with Gasteiger partial charge in [-0.2, -0.15) is 4.98 Å². The minimum atomic E-state index is 0.333. The summed E-state index contributed by atoms with van der Waals surface area (Å²) in [4.78, 5) is 8.27. The highest BCUT2D eigenvalue weighted by atomic mass is 16.5. The lowest BCUT2D eigenvalue weighted by Gasteiger charge is -2.10. The van der Waals surface area contributed by atoms with Crippen molar-refractivity contribution in [1.29, 1.82) is 0 Å². The van der Waals surface area contributed by atoms with Crippen molar-refractivity contribution in [2.45, 2.75) is 32.7 Å². The van der Waals surface area contributed by atoms with Crippen LogP contribution >= 0.6 is 0 Å². The van der Waals surface area contributed by atoms with Crippen molar-refractivity contribution in [1.82, 2.24) is 9.97 Å². The Hall–Kier alpha value is -1.94. The molecular weight excluding hydrogens is 238 g/mol. The molecule has 1 unspecified atom stereocenters. The van der Waals surface area contributed by atoms with Crippen LogP contribution in [0.3, 0.4) is 0 Å². The fraction of sp³-hybridized carbons (Fsp3) is 0.333. The fourth-order valence-corrected chi connectivity index (χ4v) is 1.74. The predicted molar refractivity (Wildman–Crippen MR) is 75.1 cm³/mol. The highest BCUT2D eigenvalue weighted by molar-refractivity contribution is 5.30. The summed E-state index contributed by atoms with van der Waals surface area (Å²) in [7, 11) is 0. The van der Waals surface area contributed by atoms with Crippen molar-refractivity contribution < 1.29 is 4.74 Å². The van der Waals surface area contributed by atoms with Crippen molar-refractivity contribution in [3.8, 4) is 11.8 Å². The maximum absolute atomic E-state index is 5.61. The zero-order valence-electron chi connectivity index (χ0n) is 11.3. The van der Waals surface area contributed by atoms with E-state index in [2.05, 4.69) is 35.9 Å². The lowest BCUT2D eigenvalue weighted by Crippen LogP contribution is -2.01. The molecule has 4 nitrogen and oxygen atoms in total. The Morgan fingerprint density at radius 1 is 1.21 bits per heavy atom. The third kappa shape index (κ3) is 3.51. The first-order chi connectivity index (χ1) is 9.22. The van der Waals surface area contributed by atoms with Gasteiger partial charge >= 0.3 is 6.01 Å². The standard InChI is InChI=1S/C15H19N3O/c1-3-11(2)12-4-6-14(7-5-12)19-15-17-9-8-13(10-16)18-15/h4-9,11H,3,10,16H2,1-2H3. The van der Waals surface area contributed by atoms with Gasteiger partial charge in [-0.3, -0.25) is 0 Å². The van der Waals surface area contributed by atoms with Crippen molar-refractivity contribution >= 4 is 0 Å². The quantitative estimate of drug-likeness (QED) is 0.893. The number of benzene rings is 1. The van der Waals surface area contributed by atoms with Crippen LogP contribution < -0.4 is 10.5 Å². The molecule has 2 aromatic rings. The van der Waals surface area contributed by atoms with Crippen LogP contribution in [0, 0.1) is 0 Å². The van der Waals surface area contributed by atoms with Crippen molar-refractivity contribution in [2.24, 2.45) is 5.73 Å². The monoisotopic (exact) mass is 257 g/mol. The highest BCUT2D eigenvalue weighted by Gasteiger charge is 2.05. The summed E-state index contributed by atoms with van der Waals surface area (Å²) < 4.78 is 5.61. The molecule has 0 radical (unpaired) electrons. The van der Waals surface area contributed by atoms with Gasteiger partial charge in [-0.25, -0.2) is 4.98 Å². The van der Waals surface area contributed by atoms with E-state index in [-0.39, 0.29) is 0 Å². The SMILES string of the molecule is CCC(C)c1ccc(Oc2nccc(CN)n2)cc1. The fourth-order valence-electron chi connectivity index (χ4n) is 1.74. The maximum atomic E-state index is 5.61. The van der Waals surface area contributed by atoms with Gasteiger partial charge in [0.2, 0.25) is 0 Å². The van der Waals surface area contributed by atoms with Gasteiger partial charge in [-0.05, 0) is 36.1 Å². The molecule has 100 valence electrons. The second kappa shape index (κ2) is 6.29. The molecule has 19 heavy (non-hydrogen) atoms. The van der Waals surface area contributed by atoms with Crippen LogP contribution in [-0.2, 0) is 6.54 Å². The second-order valence-electron chi connectivity index (χ2n) is 4.52. The average molecular weight is 257 g/mol. The summed E-state index contributed by atoms with van der Waals surface area (Å²) in [5, 5.41) is 0. The van der Waals surface area contributed by atoms with Crippen molar-refractivity contribution in [3.05, 3.63) is 47.8 Å². The maximum Gasteiger partial charge on any atom is 0.322 e. The molecule has 0 aliphatic rings. The Morgan fingerprint density at radius 2 is 1.95 bits per heavy atom. The molecule has 0 saturated carbocycles. The van der Waals surface area contributed by atoms with Crippen LogP contribution in [0.1, 0.15) is 37.4 Å². The van der Waals surface area contributed by atoms with Gasteiger partial charge in [0.15, 0.2) is 0 Å².